The summed E-state index contributed by atoms with van der Waals surface area (Å²) in [7, 11) is 0. The molecule has 2 unspecified atom stereocenters. The molecule has 0 aliphatic heterocycles. The van der Waals surface area contributed by atoms with Gasteiger partial charge in [0.2, 0.25) is 11.9 Å². The van der Waals surface area contributed by atoms with Gasteiger partial charge in [0.05, 0.1) is 6.20 Å². The van der Waals surface area contributed by atoms with Crippen LogP contribution in [0.15, 0.2) is 30.5 Å². The van der Waals surface area contributed by atoms with Gasteiger partial charge in [-0.05, 0) is 75.1 Å². The summed E-state index contributed by atoms with van der Waals surface area (Å²) in [4.78, 5) is 14.3. The Morgan fingerprint density at radius 3 is 2.65 bits per heavy atom. The summed E-state index contributed by atoms with van der Waals surface area (Å²) in [6.45, 7) is 3.04. The fourth-order valence-corrected chi connectivity index (χ4v) is 4.97. The van der Waals surface area contributed by atoms with Crippen LogP contribution in [0.1, 0.15) is 51.5 Å². The molecule has 4 N–H and O–H groups in total. The highest BCUT2D eigenvalue weighted by atomic mass is 35.5. The molecule has 2 fully saturated rings. The zero-order valence-corrected chi connectivity index (χ0v) is 18.6. The van der Waals surface area contributed by atoms with E-state index >= 15 is 0 Å². The van der Waals surface area contributed by atoms with Crippen molar-refractivity contribution in [3.63, 3.8) is 0 Å². The van der Waals surface area contributed by atoms with Crippen molar-refractivity contribution in [1.29, 1.82) is 0 Å². The number of imidazole rings is 1. The van der Waals surface area contributed by atoms with E-state index in [2.05, 4.69) is 27.1 Å². The summed E-state index contributed by atoms with van der Waals surface area (Å²) in [5, 5.41) is 7.68. The van der Waals surface area contributed by atoms with Crippen molar-refractivity contribution >= 4 is 40.3 Å². The molecular formula is C23H30ClN7. The molecule has 2 aliphatic carbocycles. The highest BCUT2D eigenvalue weighted by molar-refractivity contribution is 6.30. The van der Waals surface area contributed by atoms with Gasteiger partial charge in [-0.1, -0.05) is 24.6 Å². The Labute approximate surface area is 187 Å². The van der Waals surface area contributed by atoms with E-state index in [0.717, 1.165) is 55.0 Å². The van der Waals surface area contributed by atoms with Crippen LogP contribution in [0.4, 0.5) is 17.6 Å². The number of nitrogens with one attached hydrogen (secondary N) is 2. The van der Waals surface area contributed by atoms with Crippen LogP contribution in [0.5, 0.6) is 0 Å². The van der Waals surface area contributed by atoms with E-state index in [9.17, 15) is 0 Å². The number of nitrogens with two attached hydrogens (primary N) is 1. The third-order valence-electron chi connectivity index (χ3n) is 6.96. The molecule has 2 aliphatic rings. The number of halogens is 1. The number of fused-ring (bicyclic) bond motifs is 1. The first-order valence-corrected chi connectivity index (χ1v) is 11.7. The lowest BCUT2D eigenvalue weighted by atomic mass is 9.81. The molecule has 5 rings (SSSR count). The van der Waals surface area contributed by atoms with Gasteiger partial charge in [0.25, 0.3) is 0 Å². The smallest absolute Gasteiger partial charge is 0.224 e. The minimum absolute atomic E-state index is 0.333. The molecule has 164 valence electrons. The first-order chi connectivity index (χ1) is 15.1. The Morgan fingerprint density at radius 1 is 1.13 bits per heavy atom. The average molecular weight is 440 g/mol. The SMILES string of the molecule is CC1CCC1Nc1ncc2nc(Nc3cccc(Cl)c3)n([C@H]3CC[C@@H](CN)CC3)c2n1. The van der Waals surface area contributed by atoms with Crippen molar-refractivity contribution in [1.82, 2.24) is 19.5 Å². The van der Waals surface area contributed by atoms with Gasteiger partial charge in [0, 0.05) is 22.8 Å². The third kappa shape index (κ3) is 4.21. The second-order valence-corrected chi connectivity index (χ2v) is 9.50. The molecule has 3 aromatic rings. The lowest BCUT2D eigenvalue weighted by molar-refractivity contribution is 0.284. The maximum Gasteiger partial charge on any atom is 0.224 e. The number of nitrogens with zero attached hydrogens (tertiary/aromatic N) is 4. The van der Waals surface area contributed by atoms with Gasteiger partial charge in [-0.25, -0.2) is 9.97 Å². The highest BCUT2D eigenvalue weighted by Crippen LogP contribution is 2.37. The van der Waals surface area contributed by atoms with Gasteiger partial charge in [-0.2, -0.15) is 4.98 Å². The predicted octanol–water partition coefficient (Wildman–Crippen LogP) is 5.12. The molecule has 0 bridgehead atoms. The molecule has 2 saturated carbocycles. The minimum Gasteiger partial charge on any atom is -0.351 e. The average Bonchev–Trinajstić information content (AvgIpc) is 3.13. The maximum absolute atomic E-state index is 6.20. The fraction of sp³-hybridized carbons (Fsp3) is 0.522. The monoisotopic (exact) mass is 439 g/mol. The minimum atomic E-state index is 0.333. The van der Waals surface area contributed by atoms with E-state index in [1.54, 1.807) is 0 Å². The summed E-state index contributed by atoms with van der Waals surface area (Å²) in [5.74, 6) is 2.75. The van der Waals surface area contributed by atoms with Crippen molar-refractivity contribution in [2.24, 2.45) is 17.6 Å². The Morgan fingerprint density at radius 2 is 1.97 bits per heavy atom. The number of aromatic nitrogens is 4. The molecule has 7 nitrogen and oxygen atoms in total. The summed E-state index contributed by atoms with van der Waals surface area (Å²) < 4.78 is 2.26. The standard InChI is InChI=1S/C23H30ClN7/c1-14-5-10-19(14)28-22-26-13-20-21(30-22)31(18-8-6-15(12-25)7-9-18)23(29-20)27-17-4-2-3-16(24)11-17/h2-4,11,13-15,18-19H,5-10,12,25H2,1H3,(H,27,29)(H,26,28,30)/t14?,15-,18+,19?. The van der Waals surface area contributed by atoms with E-state index in [-0.39, 0.29) is 0 Å². The van der Waals surface area contributed by atoms with E-state index in [0.29, 0.717) is 34.9 Å². The number of benzene rings is 1. The summed E-state index contributed by atoms with van der Waals surface area (Å²) in [5.41, 5.74) is 8.52. The lowest BCUT2D eigenvalue weighted by Crippen LogP contribution is -2.36. The molecule has 31 heavy (non-hydrogen) atoms. The number of anilines is 3. The Balaban J connectivity index is 1.51. The topological polar surface area (TPSA) is 93.7 Å². The molecule has 0 saturated heterocycles. The predicted molar refractivity (Wildman–Crippen MR) is 126 cm³/mol. The summed E-state index contributed by atoms with van der Waals surface area (Å²) in [6.07, 6.45) is 8.68. The van der Waals surface area contributed by atoms with Crippen molar-refractivity contribution in [3.05, 3.63) is 35.5 Å². The second-order valence-electron chi connectivity index (χ2n) is 9.06. The molecule has 1 aromatic carbocycles. The summed E-state index contributed by atoms with van der Waals surface area (Å²) in [6, 6.07) is 8.50. The van der Waals surface area contributed by atoms with Crippen LogP contribution in [-0.2, 0) is 0 Å². The fourth-order valence-electron chi connectivity index (χ4n) is 4.78. The van der Waals surface area contributed by atoms with Gasteiger partial charge in [0.15, 0.2) is 5.65 Å². The van der Waals surface area contributed by atoms with Crippen LogP contribution in [-0.4, -0.2) is 32.1 Å². The van der Waals surface area contributed by atoms with Gasteiger partial charge in [-0.3, -0.25) is 4.57 Å². The molecule has 2 atom stereocenters. The number of rotatable bonds is 6. The highest BCUT2D eigenvalue weighted by Gasteiger charge is 2.29. The number of hydrogen-bond acceptors (Lipinski definition) is 6. The van der Waals surface area contributed by atoms with Crippen LogP contribution >= 0.6 is 11.6 Å². The Kier molecular flexibility index (Phi) is 5.71. The van der Waals surface area contributed by atoms with Crippen molar-refractivity contribution in [2.75, 3.05) is 17.2 Å². The lowest BCUT2D eigenvalue weighted by Gasteiger charge is -2.34. The molecule has 0 amide bonds. The number of hydrogen-bond donors (Lipinski definition) is 3. The first kappa shape index (κ1) is 20.5. The Hall–Kier alpha value is -2.38. The van der Waals surface area contributed by atoms with Crippen LogP contribution in [0.2, 0.25) is 5.02 Å². The molecule has 0 radical (unpaired) electrons. The first-order valence-electron chi connectivity index (χ1n) is 11.3. The molecule has 2 heterocycles. The second kappa shape index (κ2) is 8.63. The van der Waals surface area contributed by atoms with Gasteiger partial charge >= 0.3 is 0 Å². The summed E-state index contributed by atoms with van der Waals surface area (Å²) >= 11 is 6.20. The Bertz CT molecular complexity index is 1060. The molecular weight excluding hydrogens is 410 g/mol. The third-order valence-corrected chi connectivity index (χ3v) is 7.20. The normalized spacial score (nSPS) is 25.9. The van der Waals surface area contributed by atoms with Crippen molar-refractivity contribution < 1.29 is 0 Å². The van der Waals surface area contributed by atoms with E-state index in [1.807, 2.05) is 30.5 Å². The van der Waals surface area contributed by atoms with Crippen LogP contribution in [0, 0.1) is 11.8 Å². The van der Waals surface area contributed by atoms with Crippen LogP contribution in [0.3, 0.4) is 0 Å². The van der Waals surface area contributed by atoms with E-state index in [1.165, 1.54) is 12.8 Å². The zero-order valence-electron chi connectivity index (χ0n) is 17.9. The molecule has 0 spiro atoms. The van der Waals surface area contributed by atoms with Crippen molar-refractivity contribution in [3.8, 4) is 0 Å². The zero-order chi connectivity index (χ0) is 21.4. The van der Waals surface area contributed by atoms with E-state index in [4.69, 9.17) is 27.3 Å². The molecule has 8 heteroatoms. The van der Waals surface area contributed by atoms with E-state index < -0.39 is 0 Å². The van der Waals surface area contributed by atoms with Crippen molar-refractivity contribution in [2.45, 2.75) is 57.5 Å². The van der Waals surface area contributed by atoms with Crippen LogP contribution < -0.4 is 16.4 Å². The van der Waals surface area contributed by atoms with Gasteiger partial charge in [-0.15, -0.1) is 0 Å². The largest absolute Gasteiger partial charge is 0.351 e. The van der Waals surface area contributed by atoms with Crippen LogP contribution in [0.25, 0.3) is 11.2 Å². The van der Waals surface area contributed by atoms with Gasteiger partial charge in [0.1, 0.15) is 5.52 Å². The van der Waals surface area contributed by atoms with Gasteiger partial charge < -0.3 is 16.4 Å². The maximum atomic E-state index is 6.20. The quantitative estimate of drug-likeness (QED) is 0.493. The molecule has 2 aromatic heterocycles.